The van der Waals surface area contributed by atoms with Crippen molar-refractivity contribution in [2.75, 3.05) is 11.9 Å². The molecule has 0 saturated heterocycles. The number of thioether (sulfide) groups is 1. The molecular weight excluding hydrogens is 311 g/mol. The predicted molar refractivity (Wildman–Crippen MR) is 83.7 cm³/mol. The average Bonchev–Trinajstić information content (AvgIpc) is 2.74. The van der Waals surface area contributed by atoms with E-state index in [-0.39, 0.29) is 0 Å². The summed E-state index contributed by atoms with van der Waals surface area (Å²) in [6, 6.07) is 3.36. The number of aliphatic imine (C=N–C) groups is 1. The van der Waals surface area contributed by atoms with Crippen molar-refractivity contribution in [3.63, 3.8) is 0 Å². The third-order valence-corrected chi connectivity index (χ3v) is 4.79. The van der Waals surface area contributed by atoms with Gasteiger partial charge in [-0.3, -0.25) is 4.99 Å². The molecule has 1 N–H and O–H groups in total. The van der Waals surface area contributed by atoms with E-state index in [0.717, 1.165) is 17.4 Å². The number of benzene rings is 1. The molecule has 0 bridgehead atoms. The Bertz CT molecular complexity index is 477. The highest BCUT2D eigenvalue weighted by Gasteiger charge is 2.19. The largest absolute Gasteiger partial charge is 0.334 e. The van der Waals surface area contributed by atoms with E-state index in [1.165, 1.54) is 12.8 Å². The molecule has 0 aromatic heterocycles. The minimum absolute atomic E-state index is 0.456. The van der Waals surface area contributed by atoms with Gasteiger partial charge in [0.15, 0.2) is 5.17 Å². The second-order valence-electron chi connectivity index (χ2n) is 4.05. The van der Waals surface area contributed by atoms with Gasteiger partial charge >= 0.3 is 0 Å². The van der Waals surface area contributed by atoms with Crippen molar-refractivity contribution in [1.82, 2.24) is 0 Å². The Morgan fingerprint density at radius 2 is 2.00 bits per heavy atom. The quantitative estimate of drug-likeness (QED) is 0.760. The Balaban J connectivity index is 2.05. The SMILES string of the molecule is CCCC1CN=C(Nc2cc(Cl)c(Cl)cc2Cl)S1. The van der Waals surface area contributed by atoms with Gasteiger partial charge in [-0.25, -0.2) is 0 Å². The molecule has 0 spiro atoms. The number of nitrogens with one attached hydrogen (secondary N) is 1. The second kappa shape index (κ2) is 6.38. The number of hydrogen-bond acceptors (Lipinski definition) is 3. The zero-order chi connectivity index (χ0) is 13.1. The molecule has 6 heteroatoms. The molecule has 1 aromatic rings. The summed E-state index contributed by atoms with van der Waals surface area (Å²) < 4.78 is 0. The highest BCUT2D eigenvalue weighted by Crippen LogP contribution is 2.34. The van der Waals surface area contributed by atoms with Crippen LogP contribution in [0.2, 0.25) is 15.1 Å². The molecule has 2 nitrogen and oxygen atoms in total. The van der Waals surface area contributed by atoms with E-state index in [1.807, 2.05) is 0 Å². The summed E-state index contributed by atoms with van der Waals surface area (Å²) in [6.07, 6.45) is 2.35. The van der Waals surface area contributed by atoms with Crippen LogP contribution in [-0.4, -0.2) is 17.0 Å². The fourth-order valence-corrected chi connectivity index (χ4v) is 3.42. The van der Waals surface area contributed by atoms with E-state index in [0.29, 0.717) is 20.3 Å². The molecule has 0 amide bonds. The van der Waals surface area contributed by atoms with E-state index in [9.17, 15) is 0 Å². The van der Waals surface area contributed by atoms with Crippen LogP contribution < -0.4 is 5.32 Å². The zero-order valence-electron chi connectivity index (χ0n) is 9.84. The molecule has 2 rings (SSSR count). The fraction of sp³-hybridized carbons (Fsp3) is 0.417. The molecule has 1 unspecified atom stereocenters. The predicted octanol–water partition coefficient (Wildman–Crippen LogP) is 5.33. The molecule has 1 aliphatic heterocycles. The maximum Gasteiger partial charge on any atom is 0.161 e. The van der Waals surface area contributed by atoms with Crippen LogP contribution in [-0.2, 0) is 0 Å². The van der Waals surface area contributed by atoms with Crippen LogP contribution in [0.25, 0.3) is 0 Å². The monoisotopic (exact) mass is 322 g/mol. The van der Waals surface area contributed by atoms with Gasteiger partial charge in [0.25, 0.3) is 0 Å². The second-order valence-corrected chi connectivity index (χ2v) is 6.56. The topological polar surface area (TPSA) is 24.4 Å². The van der Waals surface area contributed by atoms with Crippen molar-refractivity contribution in [3.8, 4) is 0 Å². The molecular formula is C12H13Cl3N2S. The Morgan fingerprint density at radius 3 is 2.72 bits per heavy atom. The lowest BCUT2D eigenvalue weighted by molar-refractivity contribution is 0.754. The van der Waals surface area contributed by atoms with E-state index in [1.54, 1.807) is 23.9 Å². The molecule has 0 saturated carbocycles. The van der Waals surface area contributed by atoms with Gasteiger partial charge in [0.1, 0.15) is 0 Å². The Morgan fingerprint density at radius 1 is 1.28 bits per heavy atom. The summed E-state index contributed by atoms with van der Waals surface area (Å²) in [6.45, 7) is 3.04. The van der Waals surface area contributed by atoms with Crippen molar-refractivity contribution in [2.24, 2.45) is 4.99 Å². The van der Waals surface area contributed by atoms with E-state index < -0.39 is 0 Å². The van der Waals surface area contributed by atoms with Gasteiger partial charge in [0, 0.05) is 5.25 Å². The summed E-state index contributed by atoms with van der Waals surface area (Å²) in [4.78, 5) is 4.46. The third-order valence-electron chi connectivity index (χ3n) is 2.58. The maximum atomic E-state index is 6.11. The highest BCUT2D eigenvalue weighted by atomic mass is 35.5. The molecule has 1 aliphatic rings. The van der Waals surface area contributed by atoms with Gasteiger partial charge in [-0.1, -0.05) is 59.9 Å². The number of anilines is 1. The number of nitrogens with zero attached hydrogens (tertiary/aromatic N) is 1. The summed E-state index contributed by atoms with van der Waals surface area (Å²) >= 11 is 19.7. The first-order chi connectivity index (χ1) is 8.60. The van der Waals surface area contributed by atoms with E-state index in [2.05, 4.69) is 17.2 Å². The van der Waals surface area contributed by atoms with Crippen LogP contribution in [0, 0.1) is 0 Å². The number of halogens is 3. The van der Waals surface area contributed by atoms with Gasteiger partial charge in [-0.2, -0.15) is 0 Å². The third kappa shape index (κ3) is 3.47. The fourth-order valence-electron chi connectivity index (χ4n) is 1.69. The van der Waals surface area contributed by atoms with E-state index >= 15 is 0 Å². The lowest BCUT2D eigenvalue weighted by Gasteiger charge is -2.10. The van der Waals surface area contributed by atoms with Crippen molar-refractivity contribution in [3.05, 3.63) is 27.2 Å². The van der Waals surface area contributed by atoms with E-state index in [4.69, 9.17) is 34.8 Å². The number of rotatable bonds is 3. The van der Waals surface area contributed by atoms with Crippen molar-refractivity contribution in [2.45, 2.75) is 25.0 Å². The first-order valence-electron chi connectivity index (χ1n) is 5.72. The van der Waals surface area contributed by atoms with Crippen LogP contribution in [0.5, 0.6) is 0 Å². The average molecular weight is 324 g/mol. The van der Waals surface area contributed by atoms with Crippen LogP contribution in [0.15, 0.2) is 17.1 Å². The number of hydrogen-bond donors (Lipinski definition) is 1. The lowest BCUT2D eigenvalue weighted by Crippen LogP contribution is -2.07. The first kappa shape index (κ1) is 14.3. The zero-order valence-corrected chi connectivity index (χ0v) is 12.9. The summed E-state index contributed by atoms with van der Waals surface area (Å²) in [5, 5.41) is 6.16. The normalized spacial score (nSPS) is 18.9. The molecule has 0 radical (unpaired) electrons. The molecule has 98 valence electrons. The smallest absolute Gasteiger partial charge is 0.161 e. The van der Waals surface area contributed by atoms with Gasteiger partial charge in [-0.05, 0) is 18.6 Å². The Hall–Kier alpha value is -0.0900. The molecule has 1 heterocycles. The van der Waals surface area contributed by atoms with Crippen molar-refractivity contribution < 1.29 is 0 Å². The van der Waals surface area contributed by atoms with Crippen molar-refractivity contribution in [1.29, 1.82) is 0 Å². The summed E-state index contributed by atoms with van der Waals surface area (Å²) in [5.74, 6) is 0. The summed E-state index contributed by atoms with van der Waals surface area (Å²) in [5.41, 5.74) is 0.745. The van der Waals surface area contributed by atoms with Crippen LogP contribution in [0.1, 0.15) is 19.8 Å². The molecule has 0 fully saturated rings. The van der Waals surface area contributed by atoms with Crippen LogP contribution in [0.4, 0.5) is 5.69 Å². The minimum atomic E-state index is 0.456. The molecule has 1 aromatic carbocycles. The van der Waals surface area contributed by atoms with Crippen LogP contribution >= 0.6 is 46.6 Å². The van der Waals surface area contributed by atoms with Gasteiger partial charge in [0.05, 0.1) is 27.3 Å². The summed E-state index contributed by atoms with van der Waals surface area (Å²) in [7, 11) is 0. The lowest BCUT2D eigenvalue weighted by atomic mass is 10.2. The highest BCUT2D eigenvalue weighted by molar-refractivity contribution is 8.15. The van der Waals surface area contributed by atoms with Gasteiger partial charge in [0.2, 0.25) is 0 Å². The minimum Gasteiger partial charge on any atom is -0.334 e. The molecule has 0 aliphatic carbocycles. The number of amidine groups is 1. The van der Waals surface area contributed by atoms with Crippen LogP contribution in [0.3, 0.4) is 0 Å². The standard InChI is InChI=1S/C12H13Cl3N2S/c1-2-3-7-6-16-12(18-7)17-11-5-9(14)8(13)4-10(11)15/h4-5,7H,2-3,6H2,1H3,(H,16,17). The molecule has 1 atom stereocenters. The Labute approximate surface area is 126 Å². The first-order valence-corrected chi connectivity index (χ1v) is 7.74. The maximum absolute atomic E-state index is 6.11. The Kier molecular flexibility index (Phi) is 5.07. The van der Waals surface area contributed by atoms with Crippen molar-refractivity contribution >= 4 is 57.4 Å². The van der Waals surface area contributed by atoms with Gasteiger partial charge in [-0.15, -0.1) is 0 Å². The van der Waals surface area contributed by atoms with Gasteiger partial charge < -0.3 is 5.32 Å². The molecule has 18 heavy (non-hydrogen) atoms.